The first kappa shape index (κ1) is 27.5. The first-order valence-electron chi connectivity index (χ1n) is 11.1. The lowest BCUT2D eigenvalue weighted by atomic mass is 10.1. The van der Waals surface area contributed by atoms with Crippen molar-refractivity contribution in [3.8, 4) is 0 Å². The number of amides is 1. The van der Waals surface area contributed by atoms with Crippen LogP contribution in [0.3, 0.4) is 0 Å². The minimum atomic E-state index is -3.81. The molecule has 0 spiro atoms. The van der Waals surface area contributed by atoms with E-state index in [1.807, 2.05) is 32.0 Å². The van der Waals surface area contributed by atoms with Gasteiger partial charge in [0.15, 0.2) is 0 Å². The third-order valence-corrected chi connectivity index (χ3v) is 8.17. The lowest BCUT2D eigenvalue weighted by Gasteiger charge is -2.24. The van der Waals surface area contributed by atoms with Crippen LogP contribution in [-0.4, -0.2) is 35.5 Å². The van der Waals surface area contributed by atoms with Crippen LogP contribution in [-0.2, 0) is 24.8 Å². The van der Waals surface area contributed by atoms with E-state index in [2.05, 4.69) is 10.0 Å². The summed E-state index contributed by atoms with van der Waals surface area (Å²) in [5.74, 6) is -0.306. The van der Waals surface area contributed by atoms with E-state index >= 15 is 0 Å². The maximum atomic E-state index is 12.6. The van der Waals surface area contributed by atoms with E-state index in [1.54, 1.807) is 24.3 Å². The average Bonchev–Trinajstić information content (AvgIpc) is 2.79. The molecule has 2 N–H and O–H groups in total. The maximum absolute atomic E-state index is 12.6. The number of hydrogen-bond donors (Lipinski definition) is 2. The third-order valence-electron chi connectivity index (χ3n) is 5.34. The van der Waals surface area contributed by atoms with Gasteiger partial charge in [-0.25, -0.2) is 16.8 Å². The molecule has 0 aliphatic heterocycles. The van der Waals surface area contributed by atoms with E-state index in [1.165, 1.54) is 28.6 Å². The number of hydrogen-bond acceptors (Lipinski definition) is 5. The lowest BCUT2D eigenvalue weighted by Crippen LogP contribution is -2.32. The van der Waals surface area contributed by atoms with Crippen LogP contribution in [0.2, 0.25) is 5.02 Å². The summed E-state index contributed by atoms with van der Waals surface area (Å²) in [4.78, 5) is 12.5. The molecule has 1 amide bonds. The number of nitrogens with one attached hydrogen (secondary N) is 2. The molecule has 0 saturated carbocycles. The Morgan fingerprint density at radius 1 is 0.889 bits per heavy atom. The number of carbonyl (C=O) groups excluding carboxylic acids is 1. The molecule has 0 heterocycles. The molecule has 36 heavy (non-hydrogen) atoms. The molecule has 3 aromatic rings. The van der Waals surface area contributed by atoms with Gasteiger partial charge in [-0.2, -0.15) is 0 Å². The van der Waals surface area contributed by atoms with Gasteiger partial charge < -0.3 is 5.32 Å². The molecule has 0 aromatic heterocycles. The zero-order valence-corrected chi connectivity index (χ0v) is 22.5. The van der Waals surface area contributed by atoms with Gasteiger partial charge in [0.2, 0.25) is 15.9 Å². The van der Waals surface area contributed by atoms with E-state index in [0.29, 0.717) is 28.5 Å². The van der Waals surface area contributed by atoms with E-state index in [-0.39, 0.29) is 23.8 Å². The van der Waals surface area contributed by atoms with Gasteiger partial charge >= 0.3 is 0 Å². The van der Waals surface area contributed by atoms with Crippen LogP contribution in [0.25, 0.3) is 0 Å². The first-order chi connectivity index (χ1) is 16.8. The van der Waals surface area contributed by atoms with Crippen LogP contribution in [0.4, 0.5) is 17.1 Å². The summed E-state index contributed by atoms with van der Waals surface area (Å²) in [7, 11) is -7.34. The van der Waals surface area contributed by atoms with Crippen LogP contribution in [0.15, 0.2) is 71.6 Å². The van der Waals surface area contributed by atoms with Crippen LogP contribution in [0.5, 0.6) is 0 Å². The molecule has 3 rings (SSSR count). The largest absolute Gasteiger partial charge is 0.326 e. The number of sulfonamides is 2. The monoisotopic (exact) mass is 549 g/mol. The van der Waals surface area contributed by atoms with Crippen LogP contribution in [0, 0.1) is 13.8 Å². The molecule has 11 heteroatoms. The number of nitrogens with zero attached hydrogens (tertiary/aromatic N) is 1. The molecule has 0 atom stereocenters. The van der Waals surface area contributed by atoms with E-state index < -0.39 is 20.0 Å². The van der Waals surface area contributed by atoms with Crippen molar-refractivity contribution >= 4 is 54.6 Å². The molecule has 0 bridgehead atoms. The van der Waals surface area contributed by atoms with Gasteiger partial charge in [-0.1, -0.05) is 23.7 Å². The molecule has 0 aliphatic rings. The Balaban J connectivity index is 1.59. The predicted molar refractivity (Wildman–Crippen MR) is 145 cm³/mol. The van der Waals surface area contributed by atoms with Crippen molar-refractivity contribution in [2.75, 3.05) is 27.1 Å². The number of carbonyl (C=O) groups is 1. The SMILES string of the molecule is Cc1ccc(C)c(N(CCCC(=O)Nc2ccc(S(=O)(=O)Nc3ccc(Cl)cc3)cc2)S(C)(=O)=O)c1. The van der Waals surface area contributed by atoms with E-state index in [9.17, 15) is 21.6 Å². The van der Waals surface area contributed by atoms with Crippen molar-refractivity contribution in [2.45, 2.75) is 31.6 Å². The second-order valence-electron chi connectivity index (χ2n) is 8.41. The third kappa shape index (κ3) is 7.46. The van der Waals surface area contributed by atoms with Crippen LogP contribution < -0.4 is 14.3 Å². The molecule has 3 aromatic carbocycles. The second-order valence-corrected chi connectivity index (χ2v) is 12.4. The summed E-state index contributed by atoms with van der Waals surface area (Å²) < 4.78 is 53.7. The number of halogens is 1. The Labute approximate surface area is 217 Å². The number of rotatable bonds is 10. The van der Waals surface area contributed by atoms with E-state index in [0.717, 1.165) is 17.4 Å². The van der Waals surface area contributed by atoms with Gasteiger partial charge in [0.25, 0.3) is 10.0 Å². The van der Waals surface area contributed by atoms with Crippen molar-refractivity contribution in [1.29, 1.82) is 0 Å². The fourth-order valence-electron chi connectivity index (χ4n) is 3.51. The summed E-state index contributed by atoms with van der Waals surface area (Å²) in [5, 5.41) is 3.21. The molecule has 0 fully saturated rings. The van der Waals surface area contributed by atoms with Crippen molar-refractivity contribution in [3.05, 3.63) is 82.9 Å². The Morgan fingerprint density at radius 3 is 2.11 bits per heavy atom. The van der Waals surface area contributed by atoms with Crippen molar-refractivity contribution < 1.29 is 21.6 Å². The molecule has 0 radical (unpaired) electrons. The second kappa shape index (κ2) is 11.3. The zero-order chi connectivity index (χ0) is 26.5. The summed E-state index contributed by atoms with van der Waals surface area (Å²) in [6.07, 6.45) is 1.55. The average molecular weight is 550 g/mol. The van der Waals surface area contributed by atoms with Crippen LogP contribution >= 0.6 is 11.6 Å². The number of aryl methyl sites for hydroxylation is 2. The highest BCUT2D eigenvalue weighted by Crippen LogP contribution is 2.25. The van der Waals surface area contributed by atoms with Gasteiger partial charge in [-0.15, -0.1) is 0 Å². The Bertz CT molecular complexity index is 1440. The summed E-state index contributed by atoms with van der Waals surface area (Å²) in [5.41, 5.74) is 3.18. The molecular weight excluding hydrogens is 522 g/mol. The molecule has 0 aliphatic carbocycles. The minimum absolute atomic E-state index is 0.0350. The zero-order valence-electron chi connectivity index (χ0n) is 20.2. The molecule has 8 nitrogen and oxygen atoms in total. The van der Waals surface area contributed by atoms with Crippen molar-refractivity contribution in [3.63, 3.8) is 0 Å². The van der Waals surface area contributed by atoms with E-state index in [4.69, 9.17) is 11.6 Å². The fraction of sp³-hybridized carbons (Fsp3) is 0.240. The summed E-state index contributed by atoms with van der Waals surface area (Å²) >= 11 is 5.82. The maximum Gasteiger partial charge on any atom is 0.261 e. The van der Waals surface area contributed by atoms with Gasteiger partial charge in [0.1, 0.15) is 0 Å². The summed E-state index contributed by atoms with van der Waals surface area (Å²) in [6, 6.07) is 17.6. The highest BCUT2D eigenvalue weighted by molar-refractivity contribution is 7.92. The Hall–Kier alpha value is -3.08. The quantitative estimate of drug-likeness (QED) is 0.372. The fourth-order valence-corrected chi connectivity index (χ4v) is 5.71. The first-order valence-corrected chi connectivity index (χ1v) is 14.8. The topological polar surface area (TPSA) is 113 Å². The number of benzene rings is 3. The molecule has 0 saturated heterocycles. The van der Waals surface area contributed by atoms with Crippen LogP contribution in [0.1, 0.15) is 24.0 Å². The van der Waals surface area contributed by atoms with Gasteiger partial charge in [-0.05, 0) is 86.0 Å². The molecular formula is C25H28ClN3O5S2. The van der Waals surface area contributed by atoms with Crippen molar-refractivity contribution in [1.82, 2.24) is 0 Å². The minimum Gasteiger partial charge on any atom is -0.326 e. The van der Waals surface area contributed by atoms with Gasteiger partial charge in [0.05, 0.1) is 16.8 Å². The Morgan fingerprint density at radius 2 is 1.50 bits per heavy atom. The highest BCUT2D eigenvalue weighted by atomic mass is 35.5. The lowest BCUT2D eigenvalue weighted by molar-refractivity contribution is -0.116. The predicted octanol–water partition coefficient (Wildman–Crippen LogP) is 4.94. The van der Waals surface area contributed by atoms with Gasteiger partial charge in [-0.3, -0.25) is 13.8 Å². The molecule has 192 valence electrons. The Kier molecular flexibility index (Phi) is 8.65. The number of anilines is 3. The standard InChI is InChI=1S/C25H28ClN3O5S2/c1-18-6-7-19(2)24(17-18)29(35(3,31)32)16-4-5-25(30)27-21-12-14-23(15-13-21)36(33,34)28-22-10-8-20(26)9-11-22/h6-15,17,28H,4-5,16H2,1-3H3,(H,27,30). The normalized spacial score (nSPS) is 11.7. The highest BCUT2D eigenvalue weighted by Gasteiger charge is 2.20. The summed E-state index contributed by atoms with van der Waals surface area (Å²) in [6.45, 7) is 3.89. The van der Waals surface area contributed by atoms with Gasteiger partial charge in [0, 0.05) is 29.4 Å². The van der Waals surface area contributed by atoms with Crippen molar-refractivity contribution in [2.24, 2.45) is 0 Å². The molecule has 0 unspecified atom stereocenters. The smallest absolute Gasteiger partial charge is 0.261 e.